The van der Waals surface area contributed by atoms with Crippen molar-refractivity contribution in [3.05, 3.63) is 29.8 Å². The second-order valence-corrected chi connectivity index (χ2v) is 6.07. The van der Waals surface area contributed by atoms with Gasteiger partial charge in [-0.2, -0.15) is 0 Å². The van der Waals surface area contributed by atoms with Crippen molar-refractivity contribution in [1.29, 1.82) is 0 Å². The number of benzene rings is 1. The molecule has 4 nitrogen and oxygen atoms in total. The molecule has 0 aliphatic heterocycles. The van der Waals surface area contributed by atoms with Crippen LogP contribution in [0.15, 0.2) is 24.3 Å². The van der Waals surface area contributed by atoms with Gasteiger partial charge in [-0.25, -0.2) is 0 Å². The Balaban J connectivity index is 2.81. The molecule has 0 radical (unpaired) electrons. The van der Waals surface area contributed by atoms with Crippen LogP contribution in [0, 0.1) is 5.41 Å². The summed E-state index contributed by atoms with van der Waals surface area (Å²) in [6, 6.07) is 7.12. The molecule has 0 saturated heterocycles. The number of carbonyl (C=O) groups excluding carboxylic acids is 2. The summed E-state index contributed by atoms with van der Waals surface area (Å²) in [5.74, 6) is -0.191. The number of rotatable bonds is 4. The van der Waals surface area contributed by atoms with Crippen LogP contribution in [0.3, 0.4) is 0 Å². The van der Waals surface area contributed by atoms with E-state index < -0.39 is 5.41 Å². The molecule has 0 spiro atoms. The Labute approximate surface area is 121 Å². The highest BCUT2D eigenvalue weighted by Crippen LogP contribution is 2.18. The molecule has 2 N–H and O–H groups in total. The van der Waals surface area contributed by atoms with Gasteiger partial charge in [0.05, 0.1) is 0 Å². The van der Waals surface area contributed by atoms with Gasteiger partial charge in [-0.15, -0.1) is 0 Å². The van der Waals surface area contributed by atoms with Gasteiger partial charge in [0.25, 0.3) is 5.91 Å². The van der Waals surface area contributed by atoms with Crippen molar-refractivity contribution in [2.24, 2.45) is 5.41 Å². The van der Waals surface area contributed by atoms with Crippen molar-refractivity contribution in [2.75, 3.05) is 5.32 Å². The summed E-state index contributed by atoms with van der Waals surface area (Å²) in [7, 11) is 0. The molecule has 2 amide bonds. The molecule has 1 aromatic carbocycles. The lowest BCUT2D eigenvalue weighted by molar-refractivity contribution is -0.123. The van der Waals surface area contributed by atoms with Crippen molar-refractivity contribution in [2.45, 2.75) is 47.1 Å². The van der Waals surface area contributed by atoms with E-state index in [1.807, 2.05) is 34.6 Å². The average molecular weight is 276 g/mol. The summed E-state index contributed by atoms with van der Waals surface area (Å²) in [5, 5.41) is 5.73. The molecule has 0 aromatic heterocycles. The van der Waals surface area contributed by atoms with E-state index in [-0.39, 0.29) is 17.9 Å². The van der Waals surface area contributed by atoms with Gasteiger partial charge in [-0.05, 0) is 31.5 Å². The number of amides is 2. The van der Waals surface area contributed by atoms with E-state index in [4.69, 9.17) is 0 Å². The van der Waals surface area contributed by atoms with Crippen molar-refractivity contribution < 1.29 is 9.59 Å². The molecule has 0 unspecified atom stereocenters. The third kappa shape index (κ3) is 4.68. The quantitative estimate of drug-likeness (QED) is 0.887. The number of hydrogen-bond acceptors (Lipinski definition) is 2. The summed E-state index contributed by atoms with van der Waals surface area (Å²) in [5.41, 5.74) is 0.730. The zero-order chi connectivity index (χ0) is 15.3. The van der Waals surface area contributed by atoms with Gasteiger partial charge in [0.15, 0.2) is 0 Å². The average Bonchev–Trinajstić information content (AvgIpc) is 2.37. The second-order valence-electron chi connectivity index (χ2n) is 6.07. The number of anilines is 1. The molecule has 4 heteroatoms. The molecule has 0 heterocycles. The molecular weight excluding hydrogens is 252 g/mol. The first kappa shape index (κ1) is 16.2. The van der Waals surface area contributed by atoms with Gasteiger partial charge in [-0.3, -0.25) is 9.59 Å². The van der Waals surface area contributed by atoms with Gasteiger partial charge >= 0.3 is 0 Å². The van der Waals surface area contributed by atoms with E-state index >= 15 is 0 Å². The Morgan fingerprint density at radius 2 is 1.90 bits per heavy atom. The third-order valence-electron chi connectivity index (χ3n) is 3.05. The van der Waals surface area contributed by atoms with Gasteiger partial charge in [0, 0.05) is 22.7 Å². The Morgan fingerprint density at radius 1 is 1.25 bits per heavy atom. The lowest BCUT2D eigenvalue weighted by atomic mass is 9.95. The van der Waals surface area contributed by atoms with Crippen LogP contribution in [-0.4, -0.2) is 17.9 Å². The maximum Gasteiger partial charge on any atom is 0.251 e. The highest BCUT2D eigenvalue weighted by atomic mass is 16.2. The van der Waals surface area contributed by atoms with Crippen LogP contribution in [0.4, 0.5) is 5.69 Å². The van der Waals surface area contributed by atoms with E-state index in [9.17, 15) is 9.59 Å². The standard InChI is InChI=1S/C16H24N2O2/c1-6-11(2)17-14(19)12-8-7-9-13(10-12)18-15(20)16(3,4)5/h7-11H,6H2,1-5H3,(H,17,19)(H,18,20)/t11-/m0/s1. The van der Waals surface area contributed by atoms with Crippen molar-refractivity contribution in [1.82, 2.24) is 5.32 Å². The molecule has 20 heavy (non-hydrogen) atoms. The highest BCUT2D eigenvalue weighted by Gasteiger charge is 2.21. The van der Waals surface area contributed by atoms with E-state index in [0.29, 0.717) is 11.3 Å². The van der Waals surface area contributed by atoms with Crippen LogP contribution in [0.25, 0.3) is 0 Å². The third-order valence-corrected chi connectivity index (χ3v) is 3.05. The van der Waals surface area contributed by atoms with Gasteiger partial charge < -0.3 is 10.6 Å². The van der Waals surface area contributed by atoms with Crippen LogP contribution < -0.4 is 10.6 Å². The maximum absolute atomic E-state index is 12.0. The summed E-state index contributed by atoms with van der Waals surface area (Å²) < 4.78 is 0. The molecule has 110 valence electrons. The fourth-order valence-electron chi connectivity index (χ4n) is 1.47. The van der Waals surface area contributed by atoms with E-state index in [1.165, 1.54) is 0 Å². The summed E-state index contributed by atoms with van der Waals surface area (Å²) in [6.45, 7) is 9.53. The lowest BCUT2D eigenvalue weighted by Gasteiger charge is -2.18. The summed E-state index contributed by atoms with van der Waals surface area (Å²) in [6.07, 6.45) is 0.881. The summed E-state index contributed by atoms with van der Waals surface area (Å²) in [4.78, 5) is 24.0. The number of carbonyl (C=O) groups is 2. The van der Waals surface area contributed by atoms with Crippen LogP contribution in [0.2, 0.25) is 0 Å². The highest BCUT2D eigenvalue weighted by molar-refractivity contribution is 5.98. The maximum atomic E-state index is 12.0. The van der Waals surface area contributed by atoms with Crippen LogP contribution in [0.5, 0.6) is 0 Å². The molecule has 1 atom stereocenters. The first-order chi connectivity index (χ1) is 9.24. The van der Waals surface area contributed by atoms with Gasteiger partial charge in [0.2, 0.25) is 5.91 Å². The lowest BCUT2D eigenvalue weighted by Crippen LogP contribution is -2.32. The van der Waals surface area contributed by atoms with Crippen LogP contribution in [0.1, 0.15) is 51.4 Å². The first-order valence-corrected chi connectivity index (χ1v) is 6.96. The van der Waals surface area contributed by atoms with E-state index in [0.717, 1.165) is 6.42 Å². The largest absolute Gasteiger partial charge is 0.350 e. The van der Waals surface area contributed by atoms with Crippen molar-refractivity contribution in [3.63, 3.8) is 0 Å². The number of hydrogen-bond donors (Lipinski definition) is 2. The molecule has 0 saturated carbocycles. The predicted molar refractivity (Wildman–Crippen MR) is 81.7 cm³/mol. The molecule has 0 aliphatic rings. The molecule has 0 aliphatic carbocycles. The Hall–Kier alpha value is -1.84. The topological polar surface area (TPSA) is 58.2 Å². The molecule has 0 bridgehead atoms. The van der Waals surface area contributed by atoms with Gasteiger partial charge in [0.1, 0.15) is 0 Å². The zero-order valence-corrected chi connectivity index (χ0v) is 12.9. The molecule has 1 rings (SSSR count). The molecular formula is C16H24N2O2. The van der Waals surface area contributed by atoms with Crippen LogP contribution >= 0.6 is 0 Å². The summed E-state index contributed by atoms with van der Waals surface area (Å²) >= 11 is 0. The fraction of sp³-hybridized carbons (Fsp3) is 0.500. The number of nitrogens with one attached hydrogen (secondary N) is 2. The normalized spacial score (nSPS) is 12.7. The second kappa shape index (κ2) is 6.55. The SMILES string of the molecule is CC[C@H](C)NC(=O)c1cccc(NC(=O)C(C)(C)C)c1. The van der Waals surface area contributed by atoms with Crippen molar-refractivity contribution >= 4 is 17.5 Å². The van der Waals surface area contributed by atoms with E-state index in [1.54, 1.807) is 24.3 Å². The van der Waals surface area contributed by atoms with E-state index in [2.05, 4.69) is 10.6 Å². The zero-order valence-electron chi connectivity index (χ0n) is 12.9. The van der Waals surface area contributed by atoms with Gasteiger partial charge in [-0.1, -0.05) is 33.8 Å². The predicted octanol–water partition coefficient (Wildman–Crippen LogP) is 3.20. The minimum Gasteiger partial charge on any atom is -0.350 e. The molecule has 0 fully saturated rings. The monoisotopic (exact) mass is 276 g/mol. The Bertz CT molecular complexity index is 489. The minimum absolute atomic E-state index is 0.0722. The minimum atomic E-state index is -0.463. The van der Waals surface area contributed by atoms with Crippen LogP contribution in [-0.2, 0) is 4.79 Å². The van der Waals surface area contributed by atoms with Crippen molar-refractivity contribution in [3.8, 4) is 0 Å². The Morgan fingerprint density at radius 3 is 2.45 bits per heavy atom. The Kier molecular flexibility index (Phi) is 5.31. The first-order valence-electron chi connectivity index (χ1n) is 6.96. The smallest absolute Gasteiger partial charge is 0.251 e. The fourth-order valence-corrected chi connectivity index (χ4v) is 1.47. The molecule has 1 aromatic rings.